The van der Waals surface area contributed by atoms with Gasteiger partial charge in [0.25, 0.3) is 0 Å². The minimum atomic E-state index is -0.395. The van der Waals surface area contributed by atoms with Gasteiger partial charge in [-0.2, -0.15) is 0 Å². The number of ether oxygens (including phenoxy) is 1. The van der Waals surface area contributed by atoms with Crippen molar-refractivity contribution in [2.24, 2.45) is 5.92 Å². The van der Waals surface area contributed by atoms with Crippen LogP contribution in [0.2, 0.25) is 0 Å². The molecule has 0 spiro atoms. The van der Waals surface area contributed by atoms with Crippen LogP contribution in [-0.4, -0.2) is 34.5 Å². The third-order valence-corrected chi connectivity index (χ3v) is 4.47. The van der Waals surface area contributed by atoms with Gasteiger partial charge in [-0.1, -0.05) is 29.3 Å². The fourth-order valence-electron chi connectivity index (χ4n) is 2.28. The number of piperidine rings is 1. The molecule has 4 heteroatoms. The molecule has 0 aromatic rings. The van der Waals surface area contributed by atoms with E-state index in [1.165, 1.54) is 12.8 Å². The summed E-state index contributed by atoms with van der Waals surface area (Å²) >= 11 is 3.77. The molecule has 1 heterocycles. The van der Waals surface area contributed by atoms with E-state index in [-0.39, 0.29) is 6.09 Å². The molecule has 18 heavy (non-hydrogen) atoms. The maximum atomic E-state index is 11.9. The van der Waals surface area contributed by atoms with Crippen LogP contribution in [0.25, 0.3) is 0 Å². The standard InChI is InChI=1S/C14H26BrNO2/c1-5-6-12(15)11-7-9-16(10-8-11)13(17)18-14(2,3)4/h11-12H,5-10H2,1-4H3. The molecule has 1 atom stereocenters. The predicted octanol–water partition coefficient (Wildman–Crippen LogP) is 4.20. The third kappa shape index (κ3) is 5.17. The lowest BCUT2D eigenvalue weighted by molar-refractivity contribution is 0.0183. The number of hydrogen-bond acceptors (Lipinski definition) is 2. The molecule has 1 aliphatic rings. The topological polar surface area (TPSA) is 29.5 Å². The van der Waals surface area contributed by atoms with Gasteiger partial charge in [0.1, 0.15) is 5.60 Å². The van der Waals surface area contributed by atoms with E-state index in [2.05, 4.69) is 22.9 Å². The normalized spacial score (nSPS) is 19.7. The van der Waals surface area contributed by atoms with Gasteiger partial charge < -0.3 is 9.64 Å². The van der Waals surface area contributed by atoms with Crippen molar-refractivity contribution in [2.45, 2.75) is 63.8 Å². The van der Waals surface area contributed by atoms with Gasteiger partial charge in [-0.3, -0.25) is 0 Å². The van der Waals surface area contributed by atoms with Crippen molar-refractivity contribution >= 4 is 22.0 Å². The van der Waals surface area contributed by atoms with Crippen molar-refractivity contribution in [2.75, 3.05) is 13.1 Å². The summed E-state index contributed by atoms with van der Waals surface area (Å²) in [6.45, 7) is 9.59. The largest absolute Gasteiger partial charge is 0.444 e. The van der Waals surface area contributed by atoms with E-state index < -0.39 is 5.60 Å². The summed E-state index contributed by atoms with van der Waals surface area (Å²) in [7, 11) is 0. The SMILES string of the molecule is CCCC(Br)C1CCN(C(=O)OC(C)(C)C)CC1. The number of hydrogen-bond donors (Lipinski definition) is 0. The predicted molar refractivity (Wildman–Crippen MR) is 78.2 cm³/mol. The van der Waals surface area contributed by atoms with E-state index in [1.807, 2.05) is 25.7 Å². The number of nitrogens with zero attached hydrogens (tertiary/aromatic N) is 1. The van der Waals surface area contributed by atoms with Crippen LogP contribution in [0.15, 0.2) is 0 Å². The molecule has 0 saturated carbocycles. The number of carbonyl (C=O) groups is 1. The molecule has 0 aliphatic carbocycles. The van der Waals surface area contributed by atoms with Crippen molar-refractivity contribution in [3.8, 4) is 0 Å². The first kappa shape index (κ1) is 15.8. The molecule has 1 saturated heterocycles. The Morgan fingerprint density at radius 3 is 2.39 bits per heavy atom. The van der Waals surface area contributed by atoms with Gasteiger partial charge in [-0.15, -0.1) is 0 Å². The van der Waals surface area contributed by atoms with Crippen LogP contribution in [0.4, 0.5) is 4.79 Å². The molecule has 3 nitrogen and oxygen atoms in total. The number of likely N-dealkylation sites (tertiary alicyclic amines) is 1. The van der Waals surface area contributed by atoms with Gasteiger partial charge in [-0.05, 0) is 46.0 Å². The molecule has 1 fully saturated rings. The lowest BCUT2D eigenvalue weighted by Crippen LogP contribution is -2.43. The number of amides is 1. The third-order valence-electron chi connectivity index (χ3n) is 3.27. The van der Waals surface area contributed by atoms with Crippen LogP contribution in [0.3, 0.4) is 0 Å². The molecule has 1 unspecified atom stereocenters. The second-order valence-electron chi connectivity index (χ2n) is 6.11. The second kappa shape index (κ2) is 6.78. The lowest BCUT2D eigenvalue weighted by Gasteiger charge is -2.35. The fourth-order valence-corrected chi connectivity index (χ4v) is 3.27. The highest BCUT2D eigenvalue weighted by Crippen LogP contribution is 2.28. The highest BCUT2D eigenvalue weighted by atomic mass is 79.9. The highest BCUT2D eigenvalue weighted by molar-refractivity contribution is 9.09. The van der Waals surface area contributed by atoms with Crippen LogP contribution in [-0.2, 0) is 4.74 Å². The summed E-state index contributed by atoms with van der Waals surface area (Å²) < 4.78 is 5.40. The molecule has 1 amide bonds. The summed E-state index contributed by atoms with van der Waals surface area (Å²) in [5, 5.41) is 0. The van der Waals surface area contributed by atoms with Crippen LogP contribution in [0.1, 0.15) is 53.4 Å². The van der Waals surface area contributed by atoms with Gasteiger partial charge in [0, 0.05) is 17.9 Å². The molecule has 106 valence electrons. The summed E-state index contributed by atoms with van der Waals surface area (Å²) in [4.78, 5) is 14.3. The first-order chi connectivity index (χ1) is 8.33. The van der Waals surface area contributed by atoms with Crippen molar-refractivity contribution in [1.82, 2.24) is 4.90 Å². The lowest BCUT2D eigenvalue weighted by atomic mass is 9.92. The summed E-state index contributed by atoms with van der Waals surface area (Å²) in [6.07, 6.45) is 4.42. The van der Waals surface area contributed by atoms with Crippen molar-refractivity contribution in [3.63, 3.8) is 0 Å². The zero-order chi connectivity index (χ0) is 13.8. The Hall–Kier alpha value is -0.250. The Labute approximate surface area is 119 Å². The molecule has 0 bridgehead atoms. The molecular weight excluding hydrogens is 294 g/mol. The maximum absolute atomic E-state index is 11.9. The van der Waals surface area contributed by atoms with Crippen molar-refractivity contribution in [3.05, 3.63) is 0 Å². The zero-order valence-corrected chi connectivity index (χ0v) is 13.6. The van der Waals surface area contributed by atoms with Crippen molar-refractivity contribution < 1.29 is 9.53 Å². The summed E-state index contributed by atoms with van der Waals surface area (Å²) in [5.74, 6) is 0.698. The highest BCUT2D eigenvalue weighted by Gasteiger charge is 2.29. The number of carbonyl (C=O) groups excluding carboxylic acids is 1. The van der Waals surface area contributed by atoms with Gasteiger partial charge in [0.15, 0.2) is 0 Å². The Kier molecular flexibility index (Phi) is 5.96. The molecular formula is C14H26BrNO2. The average molecular weight is 320 g/mol. The van der Waals surface area contributed by atoms with Crippen LogP contribution >= 0.6 is 15.9 Å². The van der Waals surface area contributed by atoms with E-state index in [1.54, 1.807) is 0 Å². The molecule has 0 aromatic carbocycles. The van der Waals surface area contributed by atoms with E-state index in [0.717, 1.165) is 25.9 Å². The van der Waals surface area contributed by atoms with E-state index in [4.69, 9.17) is 4.74 Å². The molecule has 0 aromatic heterocycles. The quantitative estimate of drug-likeness (QED) is 0.730. The number of rotatable bonds is 3. The number of alkyl halides is 1. The van der Waals surface area contributed by atoms with E-state index in [0.29, 0.717) is 10.7 Å². The van der Waals surface area contributed by atoms with Crippen LogP contribution in [0.5, 0.6) is 0 Å². The average Bonchev–Trinajstić information content (AvgIpc) is 2.27. The first-order valence-corrected chi connectivity index (χ1v) is 7.87. The maximum Gasteiger partial charge on any atom is 0.410 e. The van der Waals surface area contributed by atoms with Gasteiger partial charge in [0.2, 0.25) is 0 Å². The minimum absolute atomic E-state index is 0.164. The zero-order valence-electron chi connectivity index (χ0n) is 12.0. The van der Waals surface area contributed by atoms with Gasteiger partial charge >= 0.3 is 6.09 Å². The smallest absolute Gasteiger partial charge is 0.410 e. The van der Waals surface area contributed by atoms with Crippen LogP contribution in [0, 0.1) is 5.92 Å². The fraction of sp³-hybridized carbons (Fsp3) is 0.929. The van der Waals surface area contributed by atoms with Gasteiger partial charge in [-0.25, -0.2) is 4.79 Å². The van der Waals surface area contributed by atoms with E-state index >= 15 is 0 Å². The first-order valence-electron chi connectivity index (χ1n) is 6.95. The second-order valence-corrected chi connectivity index (χ2v) is 7.29. The molecule has 1 rings (SSSR count). The van der Waals surface area contributed by atoms with Gasteiger partial charge in [0.05, 0.1) is 0 Å². The number of halogens is 1. The van der Waals surface area contributed by atoms with Crippen LogP contribution < -0.4 is 0 Å². The molecule has 1 aliphatic heterocycles. The monoisotopic (exact) mass is 319 g/mol. The Bertz CT molecular complexity index is 267. The van der Waals surface area contributed by atoms with Crippen molar-refractivity contribution in [1.29, 1.82) is 0 Å². The Morgan fingerprint density at radius 2 is 1.94 bits per heavy atom. The minimum Gasteiger partial charge on any atom is -0.444 e. The Balaban J connectivity index is 2.37. The Morgan fingerprint density at radius 1 is 1.39 bits per heavy atom. The summed E-state index contributed by atoms with van der Waals surface area (Å²) in [6, 6.07) is 0. The molecule has 0 N–H and O–H groups in total. The van der Waals surface area contributed by atoms with E-state index in [9.17, 15) is 4.79 Å². The summed E-state index contributed by atoms with van der Waals surface area (Å²) in [5.41, 5.74) is -0.395. The molecule has 0 radical (unpaired) electrons.